The molecule has 1 aliphatic carbocycles. The smallest absolute Gasteiger partial charge is 0.319 e. The number of nitro groups is 1. The number of phenolic OH excluding ortho intramolecular Hbond substituents is 1. The van der Waals surface area contributed by atoms with Crippen molar-refractivity contribution in [3.05, 3.63) is 28.3 Å². The van der Waals surface area contributed by atoms with Gasteiger partial charge in [-0.1, -0.05) is 19.3 Å². The van der Waals surface area contributed by atoms with E-state index in [-0.39, 0.29) is 17.8 Å². The highest BCUT2D eigenvalue weighted by molar-refractivity contribution is 5.90. The van der Waals surface area contributed by atoms with E-state index < -0.39 is 16.4 Å². The van der Waals surface area contributed by atoms with E-state index in [9.17, 15) is 20.0 Å². The van der Waals surface area contributed by atoms with E-state index in [0.29, 0.717) is 0 Å². The number of hydrogen-bond acceptors (Lipinski definition) is 4. The van der Waals surface area contributed by atoms with Crippen LogP contribution < -0.4 is 10.6 Å². The van der Waals surface area contributed by atoms with Crippen LogP contribution in [0.1, 0.15) is 32.1 Å². The third kappa shape index (κ3) is 3.59. The number of urea groups is 1. The Kier molecular flexibility index (Phi) is 4.39. The van der Waals surface area contributed by atoms with E-state index in [1.165, 1.54) is 18.6 Å². The number of hydrogen-bond donors (Lipinski definition) is 3. The summed E-state index contributed by atoms with van der Waals surface area (Å²) in [7, 11) is 0. The number of carbonyl (C=O) groups is 1. The standard InChI is InChI=1S/C13H17N3O4/c17-12-7-6-10(8-11(12)16(19)20)15-13(18)14-9-4-2-1-3-5-9/h6-9,17H,1-5H2,(H2,14,15,18). The van der Waals surface area contributed by atoms with E-state index in [2.05, 4.69) is 10.6 Å². The zero-order chi connectivity index (χ0) is 14.5. The van der Waals surface area contributed by atoms with Crippen LogP contribution in [0, 0.1) is 10.1 Å². The summed E-state index contributed by atoms with van der Waals surface area (Å²) in [6, 6.07) is 3.53. The van der Waals surface area contributed by atoms with E-state index in [4.69, 9.17) is 0 Å². The number of benzene rings is 1. The number of phenols is 1. The molecule has 0 unspecified atom stereocenters. The quantitative estimate of drug-likeness (QED) is 0.449. The molecule has 0 bridgehead atoms. The van der Waals surface area contributed by atoms with Gasteiger partial charge in [-0.05, 0) is 25.0 Å². The van der Waals surface area contributed by atoms with Gasteiger partial charge in [0, 0.05) is 17.8 Å². The van der Waals surface area contributed by atoms with E-state index in [0.717, 1.165) is 31.7 Å². The van der Waals surface area contributed by atoms with Crippen molar-refractivity contribution in [1.82, 2.24) is 5.32 Å². The van der Waals surface area contributed by atoms with Crippen LogP contribution in [0.25, 0.3) is 0 Å². The Hall–Kier alpha value is -2.31. The SMILES string of the molecule is O=C(Nc1ccc(O)c([N+](=O)[O-])c1)NC1CCCCC1. The first-order chi connectivity index (χ1) is 9.56. The Bertz CT molecular complexity index is 512. The molecule has 7 nitrogen and oxygen atoms in total. The Labute approximate surface area is 116 Å². The number of amides is 2. The molecule has 0 heterocycles. The summed E-state index contributed by atoms with van der Waals surface area (Å²) in [5, 5.41) is 25.4. The molecule has 1 aromatic rings. The molecular formula is C13H17N3O4. The maximum Gasteiger partial charge on any atom is 0.319 e. The third-order valence-corrected chi connectivity index (χ3v) is 3.37. The number of carbonyl (C=O) groups excluding carboxylic acids is 1. The lowest BCUT2D eigenvalue weighted by Gasteiger charge is -2.22. The summed E-state index contributed by atoms with van der Waals surface area (Å²) in [5.74, 6) is -0.423. The fourth-order valence-corrected chi connectivity index (χ4v) is 2.35. The van der Waals surface area contributed by atoms with Gasteiger partial charge in [0.25, 0.3) is 0 Å². The first-order valence-corrected chi connectivity index (χ1v) is 6.61. The van der Waals surface area contributed by atoms with Gasteiger partial charge in [-0.3, -0.25) is 10.1 Å². The molecule has 108 valence electrons. The number of nitrogens with zero attached hydrogens (tertiary/aromatic N) is 1. The number of rotatable bonds is 3. The normalized spacial score (nSPS) is 15.6. The maximum atomic E-state index is 11.8. The van der Waals surface area contributed by atoms with Crippen molar-refractivity contribution in [3.63, 3.8) is 0 Å². The summed E-state index contributed by atoms with van der Waals surface area (Å²) in [6.07, 6.45) is 5.33. The minimum atomic E-state index is -0.695. The highest BCUT2D eigenvalue weighted by Gasteiger charge is 2.17. The summed E-state index contributed by atoms with van der Waals surface area (Å²) in [5.41, 5.74) is -0.150. The van der Waals surface area contributed by atoms with Gasteiger partial charge in [0.2, 0.25) is 0 Å². The summed E-state index contributed by atoms with van der Waals surface area (Å²) in [4.78, 5) is 21.8. The largest absolute Gasteiger partial charge is 0.502 e. The molecule has 1 fully saturated rings. The van der Waals surface area contributed by atoms with Gasteiger partial charge in [0.05, 0.1) is 4.92 Å². The second kappa shape index (κ2) is 6.23. The Morgan fingerprint density at radius 1 is 1.30 bits per heavy atom. The highest BCUT2D eigenvalue weighted by atomic mass is 16.6. The number of aromatic hydroxyl groups is 1. The number of anilines is 1. The van der Waals surface area contributed by atoms with Crippen LogP contribution in [0.3, 0.4) is 0 Å². The van der Waals surface area contributed by atoms with Gasteiger partial charge in [-0.25, -0.2) is 4.79 Å². The van der Waals surface area contributed by atoms with Crippen molar-refractivity contribution >= 4 is 17.4 Å². The second-order valence-corrected chi connectivity index (χ2v) is 4.89. The summed E-state index contributed by atoms with van der Waals surface area (Å²) < 4.78 is 0. The molecule has 7 heteroatoms. The van der Waals surface area contributed by atoms with Gasteiger partial charge in [-0.15, -0.1) is 0 Å². The molecular weight excluding hydrogens is 262 g/mol. The molecule has 2 amide bonds. The minimum Gasteiger partial charge on any atom is -0.502 e. The topological polar surface area (TPSA) is 104 Å². The first kappa shape index (κ1) is 14.1. The van der Waals surface area contributed by atoms with Crippen molar-refractivity contribution in [3.8, 4) is 5.75 Å². The molecule has 1 aliphatic rings. The first-order valence-electron chi connectivity index (χ1n) is 6.61. The predicted molar refractivity (Wildman–Crippen MR) is 73.8 cm³/mol. The predicted octanol–water partition coefficient (Wildman–Crippen LogP) is 2.75. The Morgan fingerprint density at radius 3 is 2.65 bits per heavy atom. The van der Waals surface area contributed by atoms with Crippen LogP contribution in [0.5, 0.6) is 5.75 Å². The van der Waals surface area contributed by atoms with Gasteiger partial charge in [0.15, 0.2) is 5.75 Å². The van der Waals surface area contributed by atoms with Gasteiger partial charge in [0.1, 0.15) is 0 Å². The van der Waals surface area contributed by atoms with Gasteiger partial charge in [-0.2, -0.15) is 0 Å². The van der Waals surface area contributed by atoms with Crippen LogP contribution in [0.15, 0.2) is 18.2 Å². The second-order valence-electron chi connectivity index (χ2n) is 4.89. The van der Waals surface area contributed by atoms with Crippen molar-refractivity contribution in [2.75, 3.05) is 5.32 Å². The van der Waals surface area contributed by atoms with Gasteiger partial charge < -0.3 is 15.7 Å². The molecule has 2 rings (SSSR count). The van der Waals surface area contributed by atoms with Crippen molar-refractivity contribution in [1.29, 1.82) is 0 Å². The van der Waals surface area contributed by atoms with E-state index in [1.54, 1.807) is 0 Å². The van der Waals surface area contributed by atoms with E-state index >= 15 is 0 Å². The molecule has 0 saturated heterocycles. The molecule has 0 atom stereocenters. The lowest BCUT2D eigenvalue weighted by Crippen LogP contribution is -2.39. The fraction of sp³-hybridized carbons (Fsp3) is 0.462. The molecule has 3 N–H and O–H groups in total. The van der Waals surface area contributed by atoms with Crippen LogP contribution in [-0.2, 0) is 0 Å². The Balaban J connectivity index is 1.96. The number of nitrogens with one attached hydrogen (secondary N) is 2. The van der Waals surface area contributed by atoms with Crippen molar-refractivity contribution in [2.24, 2.45) is 0 Å². The van der Waals surface area contributed by atoms with Crippen molar-refractivity contribution < 1.29 is 14.8 Å². The molecule has 0 aliphatic heterocycles. The molecule has 1 aromatic carbocycles. The zero-order valence-electron chi connectivity index (χ0n) is 11.0. The van der Waals surface area contributed by atoms with Crippen LogP contribution in [0.2, 0.25) is 0 Å². The molecule has 0 radical (unpaired) electrons. The van der Waals surface area contributed by atoms with E-state index in [1.807, 2.05) is 0 Å². The summed E-state index contributed by atoms with van der Waals surface area (Å²) >= 11 is 0. The monoisotopic (exact) mass is 279 g/mol. The Morgan fingerprint density at radius 2 is 2.00 bits per heavy atom. The van der Waals surface area contributed by atoms with Gasteiger partial charge >= 0.3 is 11.7 Å². The molecule has 0 spiro atoms. The third-order valence-electron chi connectivity index (χ3n) is 3.37. The zero-order valence-corrected chi connectivity index (χ0v) is 11.0. The fourth-order valence-electron chi connectivity index (χ4n) is 2.35. The van der Waals surface area contributed by atoms with Crippen LogP contribution in [0.4, 0.5) is 16.2 Å². The minimum absolute atomic E-state index is 0.163. The molecule has 1 saturated carbocycles. The average molecular weight is 279 g/mol. The highest BCUT2D eigenvalue weighted by Crippen LogP contribution is 2.28. The number of nitro benzene ring substituents is 1. The average Bonchev–Trinajstić information content (AvgIpc) is 2.41. The van der Waals surface area contributed by atoms with Crippen molar-refractivity contribution in [2.45, 2.75) is 38.1 Å². The molecule has 20 heavy (non-hydrogen) atoms. The molecule has 0 aromatic heterocycles. The van der Waals surface area contributed by atoms with Crippen LogP contribution in [-0.4, -0.2) is 22.1 Å². The van der Waals surface area contributed by atoms with Crippen LogP contribution >= 0.6 is 0 Å². The summed E-state index contributed by atoms with van der Waals surface area (Å²) in [6.45, 7) is 0. The maximum absolute atomic E-state index is 11.8. The lowest BCUT2D eigenvalue weighted by atomic mass is 9.96. The lowest BCUT2D eigenvalue weighted by molar-refractivity contribution is -0.385.